The van der Waals surface area contributed by atoms with Crippen molar-refractivity contribution in [3.8, 4) is 0 Å². The van der Waals surface area contributed by atoms with Gasteiger partial charge in [0.2, 0.25) is 48.5 Å². The van der Waals surface area contributed by atoms with Gasteiger partial charge in [-0.25, -0.2) is 4.79 Å². The number of nitrogens with one attached hydrogen (secondary N) is 6. The second-order valence-electron chi connectivity index (χ2n) is 19.7. The summed E-state index contributed by atoms with van der Waals surface area (Å²) in [5, 5.41) is 49.0. The van der Waals surface area contributed by atoms with E-state index in [4.69, 9.17) is 16.3 Å². The summed E-state index contributed by atoms with van der Waals surface area (Å²) in [5.41, 5.74) is 0.689. The van der Waals surface area contributed by atoms with Gasteiger partial charge in [0.15, 0.2) is 0 Å². The zero-order chi connectivity index (χ0) is 57.4. The van der Waals surface area contributed by atoms with Crippen LogP contribution in [0.15, 0.2) is 84.9 Å². The van der Waals surface area contributed by atoms with Gasteiger partial charge in [0, 0.05) is 41.1 Å². The molecule has 0 saturated carbocycles. The maximum atomic E-state index is 15.1. The lowest BCUT2D eigenvalue weighted by atomic mass is 9.90. The van der Waals surface area contributed by atoms with E-state index in [9.17, 15) is 54.2 Å². The van der Waals surface area contributed by atoms with Gasteiger partial charge in [-0.3, -0.25) is 53.8 Å². The molecule has 0 bridgehead atoms. The van der Waals surface area contributed by atoms with Crippen molar-refractivity contribution in [2.24, 2.45) is 11.8 Å². The Balaban J connectivity index is 1.68. The monoisotopic (exact) mass is 1100 g/mol. The Kier molecular flexibility index (Phi) is 22.3. The van der Waals surface area contributed by atoms with Gasteiger partial charge in [0.25, 0.3) is 5.91 Å². The number of carbonyl (C=O) groups excluding carboxylic acids is 8. The molecule has 78 heavy (non-hydrogen) atoms. The largest absolute Gasteiger partial charge is 0.458 e. The van der Waals surface area contributed by atoms with E-state index in [1.165, 1.54) is 17.9 Å². The van der Waals surface area contributed by atoms with Crippen LogP contribution in [-0.4, -0.2) is 140 Å². The lowest BCUT2D eigenvalue weighted by molar-refractivity contribution is -0.480. The minimum Gasteiger partial charge on any atom is -0.458 e. The predicted octanol–water partition coefficient (Wildman–Crippen LogP) is 3.41. The highest BCUT2D eigenvalue weighted by atomic mass is 35.5. The SMILES string of the molecule is C/C=C\[C@H]1C[C@H]2C(=O)O[C@H](C)[C@@H](NC(=O)[C@H](CCC[N+](=O)[O-])NC(=O)c3ccc(Cl)n3O)C(=O)NC([C@H](C)c3ccccc3)C(=O)N[C@H](CCC[N+](=O)[O-])C(=O)N[C@@H]([C@H](C)c3ccccc3)C(=O)N[C@@H]([C@@H](C)CC)C(=O)N2C1. The first-order valence-electron chi connectivity index (χ1n) is 25.9. The number of allylic oxidation sites excluding steroid dienone is 1. The molecule has 0 aliphatic carbocycles. The summed E-state index contributed by atoms with van der Waals surface area (Å²) < 4.78 is 6.37. The fourth-order valence-electron chi connectivity index (χ4n) is 9.52. The maximum absolute atomic E-state index is 15.1. The van der Waals surface area contributed by atoms with E-state index < -0.39 is 148 Å². The maximum Gasteiger partial charge on any atom is 0.329 e. The Morgan fingerprint density at radius 2 is 1.36 bits per heavy atom. The Hall–Kier alpha value is -7.89. The van der Waals surface area contributed by atoms with Crippen molar-refractivity contribution in [2.45, 2.75) is 140 Å². The highest BCUT2D eigenvalue weighted by Gasteiger charge is 2.46. The molecule has 3 heterocycles. The van der Waals surface area contributed by atoms with E-state index in [1.54, 1.807) is 107 Å². The predicted molar refractivity (Wildman–Crippen MR) is 283 cm³/mol. The average Bonchev–Trinajstić information content (AvgIpc) is 4.02. The summed E-state index contributed by atoms with van der Waals surface area (Å²) >= 11 is 5.95. The Labute approximate surface area is 456 Å². The molecule has 0 radical (unpaired) electrons. The molecule has 0 spiro atoms. The molecular weight excluding hydrogens is 1040 g/mol. The molecule has 5 rings (SSSR count). The highest BCUT2D eigenvalue weighted by molar-refractivity contribution is 6.30. The lowest BCUT2D eigenvalue weighted by Crippen LogP contribution is -2.62. The van der Waals surface area contributed by atoms with Crippen LogP contribution in [0.2, 0.25) is 5.15 Å². The van der Waals surface area contributed by atoms with Gasteiger partial charge >= 0.3 is 5.97 Å². The Morgan fingerprint density at radius 3 is 1.90 bits per heavy atom. The van der Waals surface area contributed by atoms with Gasteiger partial charge in [-0.15, -0.1) is 0 Å². The van der Waals surface area contributed by atoms with Crippen molar-refractivity contribution >= 4 is 58.9 Å². The molecule has 1 aromatic heterocycles. The number of amides is 7. The van der Waals surface area contributed by atoms with Gasteiger partial charge in [-0.2, -0.15) is 4.73 Å². The number of benzene rings is 2. The normalized spacial score (nSPS) is 24.3. The van der Waals surface area contributed by atoms with Crippen molar-refractivity contribution in [1.29, 1.82) is 0 Å². The third-order valence-corrected chi connectivity index (χ3v) is 14.5. The molecule has 24 nitrogen and oxygen atoms in total. The number of aromatic nitrogens is 1. The fourth-order valence-corrected chi connectivity index (χ4v) is 9.67. The number of ether oxygens (including phenoxy) is 1. The number of hydrogen-bond acceptors (Lipinski definition) is 14. The van der Waals surface area contributed by atoms with Crippen molar-refractivity contribution in [1.82, 2.24) is 41.5 Å². The van der Waals surface area contributed by atoms with Gasteiger partial charge in [-0.05, 0) is 68.2 Å². The first-order chi connectivity index (χ1) is 37.1. The molecular formula is C53H69ClN10O14. The van der Waals surface area contributed by atoms with Crippen molar-refractivity contribution in [3.05, 3.63) is 127 Å². The van der Waals surface area contributed by atoms with Crippen LogP contribution in [0.1, 0.15) is 114 Å². The van der Waals surface area contributed by atoms with Crippen LogP contribution in [0.25, 0.3) is 0 Å². The number of fused-ring (bicyclic) bond motifs is 1. The van der Waals surface area contributed by atoms with E-state index in [1.807, 2.05) is 0 Å². The molecule has 7 amide bonds. The first-order valence-corrected chi connectivity index (χ1v) is 26.3. The summed E-state index contributed by atoms with van der Waals surface area (Å²) in [4.78, 5) is 140. The van der Waals surface area contributed by atoms with Crippen LogP contribution < -0.4 is 31.9 Å². The Bertz CT molecular complexity index is 2670. The quantitative estimate of drug-likeness (QED) is 0.0298. The molecule has 2 aliphatic heterocycles. The van der Waals surface area contributed by atoms with E-state index in [0.29, 0.717) is 22.3 Å². The third kappa shape index (κ3) is 16.1. The lowest BCUT2D eigenvalue weighted by Gasteiger charge is -2.34. The highest BCUT2D eigenvalue weighted by Crippen LogP contribution is 2.30. The first kappa shape index (κ1) is 61.0. The van der Waals surface area contributed by atoms with E-state index in [0.717, 1.165) is 6.07 Å². The molecule has 2 aliphatic rings. The second-order valence-corrected chi connectivity index (χ2v) is 20.1. The summed E-state index contributed by atoms with van der Waals surface area (Å²) in [5.74, 6) is -10.3. The molecule has 422 valence electrons. The number of cyclic esters (lactones) is 1. The molecule has 2 aromatic carbocycles. The van der Waals surface area contributed by atoms with Gasteiger partial charge in [-0.1, -0.05) is 119 Å². The van der Waals surface area contributed by atoms with Gasteiger partial charge in [0.1, 0.15) is 59.2 Å². The molecule has 12 atom stereocenters. The molecule has 1 unspecified atom stereocenters. The van der Waals surface area contributed by atoms with Crippen molar-refractivity contribution < 1.29 is 58.1 Å². The smallest absolute Gasteiger partial charge is 0.329 e. The number of rotatable bonds is 19. The average molecular weight is 1110 g/mol. The number of nitrogens with zero attached hydrogens (tertiary/aromatic N) is 4. The molecule has 3 aromatic rings. The van der Waals surface area contributed by atoms with Crippen LogP contribution in [0.3, 0.4) is 0 Å². The number of halogens is 1. The number of nitro groups is 2. The van der Waals surface area contributed by atoms with Crippen LogP contribution in [0, 0.1) is 32.1 Å². The van der Waals surface area contributed by atoms with Crippen LogP contribution in [0.4, 0.5) is 0 Å². The summed E-state index contributed by atoms with van der Waals surface area (Å²) in [6, 6.07) is 8.59. The Morgan fingerprint density at radius 1 is 0.808 bits per heavy atom. The number of carbonyl (C=O) groups is 8. The fraction of sp³-hybridized carbons (Fsp3) is 0.509. The zero-order valence-electron chi connectivity index (χ0n) is 44.3. The van der Waals surface area contributed by atoms with E-state index in [2.05, 4.69) is 31.9 Å². The zero-order valence-corrected chi connectivity index (χ0v) is 45.1. The van der Waals surface area contributed by atoms with Gasteiger partial charge in [0.05, 0.1) is 0 Å². The van der Waals surface area contributed by atoms with Crippen molar-refractivity contribution in [3.63, 3.8) is 0 Å². The minimum absolute atomic E-state index is 0.00597. The topological polar surface area (TPSA) is 333 Å². The number of hydrogen-bond donors (Lipinski definition) is 7. The van der Waals surface area contributed by atoms with E-state index >= 15 is 9.59 Å². The summed E-state index contributed by atoms with van der Waals surface area (Å²) in [6.45, 7) is 8.55. The molecule has 2 fully saturated rings. The molecule has 7 N–H and O–H groups in total. The third-order valence-electron chi connectivity index (χ3n) is 14.3. The minimum atomic E-state index is -1.93. The standard InChI is InChI=1S/C53H69ClN10O14/c1-7-17-34-28-40-53(72)78-33(6)45(60-47(66)37(22-15-26-62(73)74)55-48(67)39-24-25-41(54)64(39)77)51(70)59-43(31(4)35-18-11-9-12-19-35)49(68)56-38(23-16-27-63(75)76)46(65)58-44(32(5)36-20-13-10-14-21-36)50(69)57-42(30(3)8-2)52(71)61(40)29-34/h7,9-14,17-21,24-25,30-34,37-38,40,42-45,77H,8,15-16,22-23,26-29H2,1-6H3,(H,55,67)(H,56,68)(H,57,69)(H,58,65)(H,59,70)(H,60,66)/b17-7-/t30-,31+,32+,33+,34-,37-,38+,40-,42-,43?,44-,45+/m0/s1. The molecule has 2 saturated heterocycles. The van der Waals surface area contributed by atoms with Crippen LogP contribution in [0.5, 0.6) is 0 Å². The second kappa shape index (κ2) is 28.5. The summed E-state index contributed by atoms with van der Waals surface area (Å²) in [7, 11) is 0. The summed E-state index contributed by atoms with van der Waals surface area (Å²) in [6.07, 6.45) is 1.07. The number of esters is 1. The van der Waals surface area contributed by atoms with Crippen LogP contribution >= 0.6 is 11.6 Å². The van der Waals surface area contributed by atoms with Crippen LogP contribution in [-0.2, 0) is 38.3 Å². The van der Waals surface area contributed by atoms with Crippen molar-refractivity contribution in [2.75, 3.05) is 19.6 Å². The van der Waals surface area contributed by atoms with Gasteiger partial charge < -0.3 is 46.7 Å². The molecule has 25 heteroatoms. The van der Waals surface area contributed by atoms with E-state index in [-0.39, 0.29) is 43.8 Å².